The van der Waals surface area contributed by atoms with Gasteiger partial charge in [-0.2, -0.15) is 13.2 Å². The third kappa shape index (κ3) is 3.87. The fourth-order valence-electron chi connectivity index (χ4n) is 2.32. The van der Waals surface area contributed by atoms with E-state index in [4.69, 9.17) is 15.0 Å². The van der Waals surface area contributed by atoms with E-state index in [2.05, 4.69) is 15.9 Å². The molecule has 0 aromatic heterocycles. The summed E-state index contributed by atoms with van der Waals surface area (Å²) in [6, 6.07) is 4.00. The van der Waals surface area contributed by atoms with Crippen molar-refractivity contribution in [1.29, 1.82) is 0 Å². The van der Waals surface area contributed by atoms with Gasteiger partial charge in [0.1, 0.15) is 0 Å². The third-order valence-corrected chi connectivity index (χ3v) is 4.95. The Hall–Kier alpha value is -0.825. The molecule has 2 N–H and O–H groups in total. The minimum absolute atomic E-state index is 0.0286. The maximum Gasteiger partial charge on any atom is 0.491 e. The van der Waals surface area contributed by atoms with E-state index in [0.717, 1.165) is 6.07 Å². The first-order valence-electron chi connectivity index (χ1n) is 7.50. The van der Waals surface area contributed by atoms with Gasteiger partial charge in [-0.1, -0.05) is 28.1 Å². The third-order valence-electron chi connectivity index (χ3n) is 4.45. The summed E-state index contributed by atoms with van der Waals surface area (Å²) in [5, 5.41) is 0. The molecular weight excluding hydrogens is 386 g/mol. The SMILES string of the molecule is CC1(C)OB(C(=Cc2ccc(Br)cc2C(F)(F)F)CN)OC1(C)C. The zero-order valence-corrected chi connectivity index (χ0v) is 15.6. The van der Waals surface area contributed by atoms with Crippen LogP contribution in [0.2, 0.25) is 0 Å². The summed E-state index contributed by atoms with van der Waals surface area (Å²) in [7, 11) is -0.773. The van der Waals surface area contributed by atoms with Gasteiger partial charge in [0.05, 0.1) is 16.8 Å². The van der Waals surface area contributed by atoms with Crippen LogP contribution < -0.4 is 5.73 Å². The van der Waals surface area contributed by atoms with E-state index >= 15 is 0 Å². The molecule has 3 nitrogen and oxygen atoms in total. The van der Waals surface area contributed by atoms with E-state index in [1.165, 1.54) is 12.1 Å². The average molecular weight is 406 g/mol. The van der Waals surface area contributed by atoms with Crippen LogP contribution >= 0.6 is 15.9 Å². The van der Waals surface area contributed by atoms with Crippen LogP contribution in [0.15, 0.2) is 28.1 Å². The van der Waals surface area contributed by atoms with Gasteiger partial charge < -0.3 is 15.0 Å². The molecule has 1 saturated heterocycles. The van der Waals surface area contributed by atoms with Gasteiger partial charge in [-0.25, -0.2) is 0 Å². The van der Waals surface area contributed by atoms with Crippen molar-refractivity contribution in [3.05, 3.63) is 39.3 Å². The molecule has 0 aliphatic carbocycles. The predicted octanol–water partition coefficient (Wildman–Crippen LogP) is 4.44. The van der Waals surface area contributed by atoms with Crippen LogP contribution in [0.4, 0.5) is 13.2 Å². The standard InChI is InChI=1S/C16H20BBrF3NO2/c1-14(2)15(3,4)24-17(23-14)11(9-22)7-10-5-6-12(18)8-13(10)16(19,20)21/h5-8H,9,22H2,1-4H3. The highest BCUT2D eigenvalue weighted by molar-refractivity contribution is 9.10. The lowest BCUT2D eigenvalue weighted by molar-refractivity contribution is -0.137. The van der Waals surface area contributed by atoms with Crippen molar-refractivity contribution in [2.24, 2.45) is 5.73 Å². The fraction of sp³-hybridized carbons (Fsp3) is 0.500. The number of rotatable bonds is 3. The van der Waals surface area contributed by atoms with Gasteiger partial charge in [0.15, 0.2) is 0 Å². The van der Waals surface area contributed by atoms with Gasteiger partial charge in [0.25, 0.3) is 0 Å². The minimum Gasteiger partial charge on any atom is -0.400 e. The molecule has 1 fully saturated rings. The van der Waals surface area contributed by atoms with Gasteiger partial charge in [0, 0.05) is 11.0 Å². The molecule has 8 heteroatoms. The summed E-state index contributed by atoms with van der Waals surface area (Å²) >= 11 is 3.07. The molecule has 1 heterocycles. The molecule has 1 aromatic carbocycles. The number of hydrogen-bond donors (Lipinski definition) is 1. The number of halogens is 4. The number of nitrogens with two attached hydrogens (primary N) is 1. The van der Waals surface area contributed by atoms with E-state index in [0.29, 0.717) is 9.95 Å². The normalized spacial score (nSPS) is 20.5. The van der Waals surface area contributed by atoms with E-state index < -0.39 is 30.1 Å². The van der Waals surface area contributed by atoms with Crippen LogP contribution in [-0.4, -0.2) is 24.9 Å². The molecule has 1 aliphatic heterocycles. The molecule has 24 heavy (non-hydrogen) atoms. The lowest BCUT2D eigenvalue weighted by atomic mass is 9.77. The molecular formula is C16H20BBrF3NO2. The van der Waals surface area contributed by atoms with Gasteiger partial charge in [0.2, 0.25) is 0 Å². The van der Waals surface area contributed by atoms with E-state index in [1.807, 2.05) is 27.7 Å². The minimum atomic E-state index is -4.47. The number of hydrogen-bond acceptors (Lipinski definition) is 3. The first kappa shape index (κ1) is 19.5. The average Bonchev–Trinajstić information content (AvgIpc) is 2.64. The summed E-state index contributed by atoms with van der Waals surface area (Å²) < 4.78 is 51.9. The summed E-state index contributed by atoms with van der Waals surface area (Å²) in [4.78, 5) is 0. The van der Waals surface area contributed by atoms with Crippen LogP contribution in [-0.2, 0) is 15.5 Å². The van der Waals surface area contributed by atoms with Crippen LogP contribution in [0.25, 0.3) is 6.08 Å². The Morgan fingerprint density at radius 1 is 1.21 bits per heavy atom. The second kappa shape index (κ2) is 6.48. The Bertz CT molecular complexity index is 643. The Kier molecular flexibility index (Phi) is 5.26. The molecule has 2 rings (SSSR count). The van der Waals surface area contributed by atoms with Gasteiger partial charge in [-0.15, -0.1) is 0 Å². The summed E-state index contributed by atoms with van der Waals surface area (Å²) in [6.45, 7) is 7.54. The van der Waals surface area contributed by atoms with Crippen molar-refractivity contribution in [2.45, 2.75) is 45.1 Å². The molecule has 0 radical (unpaired) electrons. The lowest BCUT2D eigenvalue weighted by Crippen LogP contribution is -2.41. The summed E-state index contributed by atoms with van der Waals surface area (Å²) in [5.41, 5.74) is 4.33. The molecule has 0 atom stereocenters. The highest BCUT2D eigenvalue weighted by atomic mass is 79.9. The Balaban J connectivity index is 2.43. The number of benzene rings is 1. The van der Waals surface area contributed by atoms with Crippen LogP contribution in [0.1, 0.15) is 38.8 Å². The van der Waals surface area contributed by atoms with Gasteiger partial charge >= 0.3 is 13.3 Å². The van der Waals surface area contributed by atoms with E-state index in [-0.39, 0.29) is 12.1 Å². The van der Waals surface area contributed by atoms with Gasteiger partial charge in [-0.3, -0.25) is 0 Å². The lowest BCUT2D eigenvalue weighted by Gasteiger charge is -2.32. The zero-order valence-electron chi connectivity index (χ0n) is 14.0. The largest absolute Gasteiger partial charge is 0.491 e. The molecule has 1 aliphatic rings. The van der Waals surface area contributed by atoms with Crippen molar-refractivity contribution < 1.29 is 22.5 Å². The fourth-order valence-corrected chi connectivity index (χ4v) is 2.68. The first-order chi connectivity index (χ1) is 10.9. The number of alkyl halides is 3. The molecule has 0 saturated carbocycles. The Morgan fingerprint density at radius 3 is 2.21 bits per heavy atom. The van der Waals surface area contributed by atoms with Crippen molar-refractivity contribution in [2.75, 3.05) is 6.54 Å². The van der Waals surface area contributed by atoms with E-state index in [1.54, 1.807) is 6.07 Å². The van der Waals surface area contributed by atoms with Crippen molar-refractivity contribution >= 4 is 29.1 Å². The summed E-state index contributed by atoms with van der Waals surface area (Å²) in [5.74, 6) is 0. The molecule has 0 spiro atoms. The van der Waals surface area contributed by atoms with Gasteiger partial charge in [-0.05, 0) is 50.9 Å². The van der Waals surface area contributed by atoms with Crippen LogP contribution in [0.3, 0.4) is 0 Å². The summed E-state index contributed by atoms with van der Waals surface area (Å²) in [6.07, 6.45) is -3.07. The maximum absolute atomic E-state index is 13.3. The maximum atomic E-state index is 13.3. The highest BCUT2D eigenvalue weighted by Crippen LogP contribution is 2.39. The molecule has 0 amide bonds. The highest BCUT2D eigenvalue weighted by Gasteiger charge is 2.52. The van der Waals surface area contributed by atoms with E-state index in [9.17, 15) is 13.2 Å². The zero-order chi connectivity index (χ0) is 18.3. The second-order valence-corrected chi connectivity index (χ2v) is 7.66. The van der Waals surface area contributed by atoms with Crippen molar-refractivity contribution in [3.8, 4) is 0 Å². The molecule has 1 aromatic rings. The molecule has 0 bridgehead atoms. The second-order valence-electron chi connectivity index (χ2n) is 6.74. The van der Waals surface area contributed by atoms with Crippen molar-refractivity contribution in [1.82, 2.24) is 0 Å². The first-order valence-corrected chi connectivity index (χ1v) is 8.29. The smallest absolute Gasteiger partial charge is 0.400 e. The molecule has 132 valence electrons. The monoisotopic (exact) mass is 405 g/mol. The van der Waals surface area contributed by atoms with Crippen molar-refractivity contribution in [3.63, 3.8) is 0 Å². The van der Waals surface area contributed by atoms with Crippen LogP contribution in [0, 0.1) is 0 Å². The quantitative estimate of drug-likeness (QED) is 0.756. The molecule has 0 unspecified atom stereocenters. The Morgan fingerprint density at radius 2 is 1.75 bits per heavy atom. The topological polar surface area (TPSA) is 44.5 Å². The Labute approximate surface area is 148 Å². The predicted molar refractivity (Wildman–Crippen MR) is 92.3 cm³/mol. The van der Waals surface area contributed by atoms with Crippen LogP contribution in [0.5, 0.6) is 0 Å².